The van der Waals surface area contributed by atoms with Crippen LogP contribution in [0.2, 0.25) is 0 Å². The van der Waals surface area contributed by atoms with Crippen molar-refractivity contribution in [2.24, 2.45) is 0 Å². The fourth-order valence-electron chi connectivity index (χ4n) is 3.78. The van der Waals surface area contributed by atoms with Gasteiger partial charge in [-0.05, 0) is 25.0 Å². The first-order valence-corrected chi connectivity index (χ1v) is 8.94. The number of aliphatic hydroxyl groups excluding tert-OH is 1. The summed E-state index contributed by atoms with van der Waals surface area (Å²) < 4.78 is 5.43. The summed E-state index contributed by atoms with van der Waals surface area (Å²) in [6.45, 7) is 3.87. The summed E-state index contributed by atoms with van der Waals surface area (Å²) in [4.78, 5) is 24.3. The van der Waals surface area contributed by atoms with Crippen molar-refractivity contribution in [1.29, 1.82) is 0 Å². The zero-order valence-corrected chi connectivity index (χ0v) is 14.2. The number of nitrogens with zero attached hydrogens (tertiary/aromatic N) is 3. The maximum atomic E-state index is 12.8. The fraction of sp³-hybridized carbons (Fsp3) is 0.556. The second-order valence-corrected chi connectivity index (χ2v) is 6.85. The number of carbonyl (C=O) groups excluding carboxylic acids is 1. The van der Waals surface area contributed by atoms with E-state index in [4.69, 9.17) is 4.74 Å². The van der Waals surface area contributed by atoms with Crippen molar-refractivity contribution < 1.29 is 14.6 Å². The van der Waals surface area contributed by atoms with Crippen molar-refractivity contribution in [2.75, 3.05) is 39.4 Å². The largest absolute Gasteiger partial charge is 0.390 e. The Labute approximate surface area is 146 Å². The minimum Gasteiger partial charge on any atom is -0.390 e. The number of rotatable bonds is 2. The Morgan fingerprint density at radius 1 is 1.20 bits per heavy atom. The van der Waals surface area contributed by atoms with Crippen molar-refractivity contribution in [1.82, 2.24) is 19.8 Å². The topological polar surface area (TPSA) is 81.7 Å². The van der Waals surface area contributed by atoms with Crippen LogP contribution in [-0.4, -0.2) is 82.3 Å². The highest BCUT2D eigenvalue weighted by molar-refractivity contribution is 5.94. The van der Waals surface area contributed by atoms with Crippen LogP contribution in [0.25, 0.3) is 11.0 Å². The molecule has 2 aliphatic heterocycles. The van der Waals surface area contributed by atoms with Crippen LogP contribution in [0.4, 0.5) is 0 Å². The molecule has 0 spiro atoms. The van der Waals surface area contributed by atoms with Crippen molar-refractivity contribution in [3.63, 3.8) is 0 Å². The molecule has 1 atom stereocenters. The van der Waals surface area contributed by atoms with Crippen LogP contribution in [0.5, 0.6) is 0 Å². The van der Waals surface area contributed by atoms with Crippen molar-refractivity contribution in [2.45, 2.75) is 25.0 Å². The maximum absolute atomic E-state index is 12.8. The van der Waals surface area contributed by atoms with Gasteiger partial charge in [0, 0.05) is 45.4 Å². The lowest BCUT2D eigenvalue weighted by atomic mass is 10.1. The van der Waals surface area contributed by atoms with Crippen molar-refractivity contribution in [3.05, 3.63) is 30.1 Å². The van der Waals surface area contributed by atoms with E-state index in [1.165, 1.54) is 0 Å². The Morgan fingerprint density at radius 3 is 2.80 bits per heavy atom. The van der Waals surface area contributed by atoms with Crippen LogP contribution in [0.15, 0.2) is 24.3 Å². The molecule has 2 N–H and O–H groups in total. The number of β-amino-alcohol motifs (C(OH)–C–C–N with tert-alkyl or cyclic N) is 1. The van der Waals surface area contributed by atoms with Gasteiger partial charge in [-0.2, -0.15) is 0 Å². The summed E-state index contributed by atoms with van der Waals surface area (Å²) in [5, 5.41) is 10.4. The molecule has 0 unspecified atom stereocenters. The first-order chi connectivity index (χ1) is 12.2. The van der Waals surface area contributed by atoms with Gasteiger partial charge in [-0.3, -0.25) is 9.69 Å². The third kappa shape index (κ3) is 3.53. The molecule has 1 amide bonds. The monoisotopic (exact) mass is 344 g/mol. The average molecular weight is 344 g/mol. The zero-order chi connectivity index (χ0) is 17.2. The molecule has 0 aliphatic carbocycles. The molecule has 2 aromatic rings. The lowest BCUT2D eigenvalue weighted by molar-refractivity contribution is 0.0217. The standard InChI is InChI=1S/C18H24N4O3/c23-14-11-21(13-5-9-25-10-6-13)7-8-22(12-14)18(24)17-19-15-3-1-2-4-16(15)20-17/h1-4,13-14,23H,5-12H2,(H,19,20)/t14-/m1/s1. The zero-order valence-electron chi connectivity index (χ0n) is 14.2. The summed E-state index contributed by atoms with van der Waals surface area (Å²) in [7, 11) is 0. The second-order valence-electron chi connectivity index (χ2n) is 6.85. The maximum Gasteiger partial charge on any atom is 0.289 e. The molecular formula is C18H24N4O3. The third-order valence-electron chi connectivity index (χ3n) is 5.12. The van der Waals surface area contributed by atoms with E-state index >= 15 is 0 Å². The number of para-hydroxylation sites is 2. The Kier molecular flexibility index (Phi) is 4.70. The van der Waals surface area contributed by atoms with Gasteiger partial charge in [0.25, 0.3) is 5.91 Å². The van der Waals surface area contributed by atoms with Crippen LogP contribution in [0.1, 0.15) is 23.5 Å². The first kappa shape index (κ1) is 16.5. The van der Waals surface area contributed by atoms with Gasteiger partial charge >= 0.3 is 0 Å². The third-order valence-corrected chi connectivity index (χ3v) is 5.12. The van der Waals surface area contributed by atoms with Crippen LogP contribution >= 0.6 is 0 Å². The second kappa shape index (κ2) is 7.11. The number of hydrogen-bond donors (Lipinski definition) is 2. The molecule has 1 aromatic heterocycles. The SMILES string of the molecule is O=C(c1nc2ccccc2[nH]1)N1CCN(C2CCOCC2)C[C@@H](O)C1. The molecule has 7 nitrogen and oxygen atoms in total. The molecule has 1 aromatic carbocycles. The molecule has 25 heavy (non-hydrogen) atoms. The molecule has 2 saturated heterocycles. The molecule has 4 rings (SSSR count). The van der Waals surface area contributed by atoms with Crippen LogP contribution in [0, 0.1) is 0 Å². The molecule has 134 valence electrons. The summed E-state index contributed by atoms with van der Waals surface area (Å²) in [5.41, 5.74) is 1.63. The Morgan fingerprint density at radius 2 is 2.00 bits per heavy atom. The minimum absolute atomic E-state index is 0.149. The minimum atomic E-state index is -0.543. The summed E-state index contributed by atoms with van der Waals surface area (Å²) >= 11 is 0. The first-order valence-electron chi connectivity index (χ1n) is 8.94. The van der Waals surface area contributed by atoms with Gasteiger partial charge in [-0.25, -0.2) is 4.98 Å². The van der Waals surface area contributed by atoms with Gasteiger partial charge < -0.3 is 19.7 Å². The van der Waals surface area contributed by atoms with Crippen molar-refractivity contribution >= 4 is 16.9 Å². The van der Waals surface area contributed by atoms with E-state index in [1.54, 1.807) is 4.90 Å². The number of benzene rings is 1. The van der Waals surface area contributed by atoms with Gasteiger partial charge in [-0.15, -0.1) is 0 Å². The van der Waals surface area contributed by atoms with E-state index < -0.39 is 6.10 Å². The molecule has 3 heterocycles. The van der Waals surface area contributed by atoms with E-state index in [9.17, 15) is 9.90 Å². The van der Waals surface area contributed by atoms with Crippen LogP contribution in [0.3, 0.4) is 0 Å². The van der Waals surface area contributed by atoms with Gasteiger partial charge in [0.05, 0.1) is 17.1 Å². The molecule has 7 heteroatoms. The molecule has 2 fully saturated rings. The highest BCUT2D eigenvalue weighted by Crippen LogP contribution is 2.18. The van der Waals surface area contributed by atoms with Gasteiger partial charge in [0.1, 0.15) is 0 Å². The lowest BCUT2D eigenvalue weighted by Crippen LogP contribution is -2.43. The molecule has 0 radical (unpaired) electrons. The van der Waals surface area contributed by atoms with Crippen molar-refractivity contribution in [3.8, 4) is 0 Å². The van der Waals surface area contributed by atoms with Crippen LogP contribution in [-0.2, 0) is 4.74 Å². The Hall–Kier alpha value is -1.96. The van der Waals surface area contributed by atoms with E-state index in [1.807, 2.05) is 24.3 Å². The number of imidazole rings is 1. The highest BCUT2D eigenvalue weighted by Gasteiger charge is 2.30. The lowest BCUT2D eigenvalue weighted by Gasteiger charge is -2.33. The number of nitrogens with one attached hydrogen (secondary N) is 1. The van der Waals surface area contributed by atoms with E-state index in [0.717, 1.165) is 43.6 Å². The molecule has 0 saturated carbocycles. The van der Waals surface area contributed by atoms with E-state index in [2.05, 4.69) is 14.9 Å². The van der Waals surface area contributed by atoms with Crippen LogP contribution < -0.4 is 0 Å². The van der Waals surface area contributed by atoms with Gasteiger partial charge in [0.2, 0.25) is 0 Å². The number of ether oxygens (including phenoxy) is 1. The summed E-state index contributed by atoms with van der Waals surface area (Å²) in [5.74, 6) is 0.192. The fourth-order valence-corrected chi connectivity index (χ4v) is 3.78. The summed E-state index contributed by atoms with van der Waals surface area (Å²) in [6, 6.07) is 8.04. The van der Waals surface area contributed by atoms with E-state index in [-0.39, 0.29) is 5.91 Å². The molecular weight excluding hydrogens is 320 g/mol. The summed E-state index contributed by atoms with van der Waals surface area (Å²) in [6.07, 6.45) is 1.44. The van der Waals surface area contributed by atoms with Gasteiger partial charge in [0.15, 0.2) is 5.82 Å². The number of carbonyl (C=O) groups is 1. The highest BCUT2D eigenvalue weighted by atomic mass is 16.5. The number of hydrogen-bond acceptors (Lipinski definition) is 5. The smallest absolute Gasteiger partial charge is 0.289 e. The number of H-pyrrole nitrogens is 1. The Balaban J connectivity index is 1.47. The number of fused-ring (bicyclic) bond motifs is 1. The number of amides is 1. The predicted molar refractivity (Wildman–Crippen MR) is 93.4 cm³/mol. The number of aromatic amines is 1. The normalized spacial score (nSPS) is 23.7. The van der Waals surface area contributed by atoms with E-state index in [0.29, 0.717) is 31.5 Å². The van der Waals surface area contributed by atoms with Gasteiger partial charge in [-0.1, -0.05) is 12.1 Å². The number of aromatic nitrogens is 2. The number of aliphatic hydroxyl groups is 1. The average Bonchev–Trinajstić information content (AvgIpc) is 2.98. The molecule has 2 aliphatic rings. The molecule has 0 bridgehead atoms. The quantitative estimate of drug-likeness (QED) is 0.844. The Bertz CT molecular complexity index is 708. The predicted octanol–water partition coefficient (Wildman–Crippen LogP) is 0.861.